The molecule has 1 N–H and O–H groups in total. The summed E-state index contributed by atoms with van der Waals surface area (Å²) in [5, 5.41) is 6.48. The maximum absolute atomic E-state index is 6.38. The van der Waals surface area contributed by atoms with E-state index in [9.17, 15) is 0 Å². The van der Waals surface area contributed by atoms with Gasteiger partial charge in [0.1, 0.15) is 0 Å². The van der Waals surface area contributed by atoms with Gasteiger partial charge >= 0.3 is 0 Å². The Labute approximate surface area is 179 Å². The van der Waals surface area contributed by atoms with Gasteiger partial charge in [0.15, 0.2) is 11.6 Å². The van der Waals surface area contributed by atoms with Gasteiger partial charge in [0.05, 0.1) is 16.3 Å². The van der Waals surface area contributed by atoms with Gasteiger partial charge in [-0.1, -0.05) is 65.2 Å². The van der Waals surface area contributed by atoms with E-state index in [1.807, 2.05) is 49.4 Å². The van der Waals surface area contributed by atoms with Crippen molar-refractivity contribution in [1.82, 2.24) is 9.97 Å². The molecule has 1 heterocycles. The van der Waals surface area contributed by atoms with Gasteiger partial charge in [0.25, 0.3) is 0 Å². The Bertz CT molecular complexity index is 1220. The summed E-state index contributed by atoms with van der Waals surface area (Å²) in [6.07, 6.45) is 0. The maximum Gasteiger partial charge on any atom is 0.163 e. The number of benzene rings is 3. The molecule has 0 aliphatic rings. The Hall–Kier alpha value is -2.95. The molecule has 29 heavy (non-hydrogen) atoms. The van der Waals surface area contributed by atoms with E-state index >= 15 is 0 Å². The van der Waals surface area contributed by atoms with Gasteiger partial charge in [-0.2, -0.15) is 5.10 Å². The summed E-state index contributed by atoms with van der Waals surface area (Å²) in [4.78, 5) is 9.35. The topological polar surface area (TPSA) is 50.2 Å². The highest BCUT2D eigenvalue weighted by atomic mass is 35.5. The molecule has 0 radical (unpaired) electrons. The molecule has 0 atom stereocenters. The number of anilines is 1. The zero-order valence-electron chi connectivity index (χ0n) is 15.9. The minimum Gasteiger partial charge on any atom is -0.260 e. The van der Waals surface area contributed by atoms with Crippen LogP contribution in [0.25, 0.3) is 22.3 Å². The molecule has 0 aliphatic heterocycles. The van der Waals surface area contributed by atoms with Crippen LogP contribution in [-0.2, 0) is 0 Å². The van der Waals surface area contributed by atoms with Gasteiger partial charge in [-0.25, -0.2) is 9.97 Å². The predicted octanol–water partition coefficient (Wildman–Crippen LogP) is 6.75. The van der Waals surface area contributed by atoms with E-state index in [0.29, 0.717) is 27.3 Å². The van der Waals surface area contributed by atoms with Crippen LogP contribution in [-0.4, -0.2) is 15.7 Å². The molecule has 4 rings (SSSR count). The van der Waals surface area contributed by atoms with Crippen molar-refractivity contribution in [3.63, 3.8) is 0 Å². The number of aryl methyl sites for hydroxylation is 1. The fourth-order valence-electron chi connectivity index (χ4n) is 2.95. The lowest BCUT2D eigenvalue weighted by molar-refractivity contribution is 1.18. The third-order valence-corrected chi connectivity index (χ3v) is 5.12. The zero-order valence-corrected chi connectivity index (χ0v) is 17.5. The number of rotatable bonds is 4. The molecule has 144 valence electrons. The smallest absolute Gasteiger partial charge is 0.163 e. The van der Waals surface area contributed by atoms with E-state index in [4.69, 9.17) is 23.2 Å². The van der Waals surface area contributed by atoms with Crippen molar-refractivity contribution in [2.75, 3.05) is 5.43 Å². The van der Waals surface area contributed by atoms with Crippen LogP contribution >= 0.6 is 23.2 Å². The summed E-state index contributed by atoms with van der Waals surface area (Å²) in [5.41, 5.74) is 7.73. The minimum atomic E-state index is 0.498. The highest BCUT2D eigenvalue weighted by Crippen LogP contribution is 2.31. The third kappa shape index (κ3) is 4.24. The Balaban J connectivity index is 1.76. The van der Waals surface area contributed by atoms with Crippen LogP contribution in [0.1, 0.15) is 18.1 Å². The molecule has 0 unspecified atom stereocenters. The summed E-state index contributed by atoms with van der Waals surface area (Å²) >= 11 is 12.4. The standard InChI is InChI=1S/C23H18Cl2N4/c1-14-7-9-16(10-8-14)15(2)28-29-23-19-5-3-4-6-21(19)26-22(27-23)18-12-11-17(24)13-20(18)25/h3-13H,1-2H3,(H,26,27,29). The van der Waals surface area contributed by atoms with E-state index < -0.39 is 0 Å². The third-order valence-electron chi connectivity index (χ3n) is 4.57. The summed E-state index contributed by atoms with van der Waals surface area (Å²) < 4.78 is 0. The fourth-order valence-corrected chi connectivity index (χ4v) is 3.44. The first-order valence-electron chi connectivity index (χ1n) is 9.11. The maximum atomic E-state index is 6.38. The Morgan fingerprint density at radius 1 is 0.931 bits per heavy atom. The van der Waals surface area contributed by atoms with Crippen molar-refractivity contribution in [2.45, 2.75) is 13.8 Å². The average molecular weight is 421 g/mol. The monoisotopic (exact) mass is 420 g/mol. The highest BCUT2D eigenvalue weighted by Gasteiger charge is 2.12. The normalized spacial score (nSPS) is 11.7. The molecular weight excluding hydrogens is 403 g/mol. The number of halogens is 2. The summed E-state index contributed by atoms with van der Waals surface area (Å²) in [6.45, 7) is 4.02. The van der Waals surface area contributed by atoms with E-state index in [0.717, 1.165) is 22.2 Å². The van der Waals surface area contributed by atoms with Gasteiger partial charge in [-0.05, 0) is 49.7 Å². The van der Waals surface area contributed by atoms with Crippen LogP contribution in [0.15, 0.2) is 71.8 Å². The zero-order chi connectivity index (χ0) is 20.4. The second-order valence-corrected chi connectivity index (χ2v) is 7.56. The van der Waals surface area contributed by atoms with Gasteiger partial charge in [-0.15, -0.1) is 0 Å². The van der Waals surface area contributed by atoms with Crippen molar-refractivity contribution in [3.8, 4) is 11.4 Å². The summed E-state index contributed by atoms with van der Waals surface area (Å²) in [5.74, 6) is 1.12. The van der Waals surface area contributed by atoms with E-state index in [-0.39, 0.29) is 0 Å². The summed E-state index contributed by atoms with van der Waals surface area (Å²) in [6, 6.07) is 21.3. The first-order chi connectivity index (χ1) is 14.0. The molecule has 1 aromatic heterocycles. The van der Waals surface area contributed by atoms with Crippen molar-refractivity contribution in [3.05, 3.63) is 87.9 Å². The van der Waals surface area contributed by atoms with E-state index in [1.165, 1.54) is 5.56 Å². The van der Waals surface area contributed by atoms with Crippen LogP contribution in [0.2, 0.25) is 10.0 Å². The quantitative estimate of drug-likeness (QED) is 0.293. The van der Waals surface area contributed by atoms with Gasteiger partial charge in [0.2, 0.25) is 0 Å². The van der Waals surface area contributed by atoms with Crippen molar-refractivity contribution >= 4 is 45.6 Å². The Morgan fingerprint density at radius 2 is 1.69 bits per heavy atom. The highest BCUT2D eigenvalue weighted by molar-refractivity contribution is 6.36. The molecule has 0 amide bonds. The molecule has 0 saturated heterocycles. The lowest BCUT2D eigenvalue weighted by atomic mass is 10.1. The number of para-hydroxylation sites is 1. The number of fused-ring (bicyclic) bond motifs is 1. The van der Waals surface area contributed by atoms with Crippen LogP contribution in [0, 0.1) is 6.92 Å². The number of hydrazone groups is 1. The van der Waals surface area contributed by atoms with Crippen LogP contribution < -0.4 is 5.43 Å². The molecule has 0 aliphatic carbocycles. The summed E-state index contributed by atoms with van der Waals surface area (Å²) in [7, 11) is 0. The second-order valence-electron chi connectivity index (χ2n) is 6.71. The molecule has 0 spiro atoms. The van der Waals surface area contributed by atoms with Crippen molar-refractivity contribution in [2.24, 2.45) is 5.10 Å². The predicted molar refractivity (Wildman–Crippen MR) is 122 cm³/mol. The van der Waals surface area contributed by atoms with Crippen molar-refractivity contribution in [1.29, 1.82) is 0 Å². The lowest BCUT2D eigenvalue weighted by Crippen LogP contribution is -2.03. The molecule has 0 fully saturated rings. The van der Waals surface area contributed by atoms with Crippen LogP contribution in [0.3, 0.4) is 0 Å². The van der Waals surface area contributed by atoms with E-state index in [2.05, 4.69) is 39.6 Å². The average Bonchev–Trinajstić information content (AvgIpc) is 2.72. The SMILES string of the molecule is CC(=NNc1nc(-c2ccc(Cl)cc2Cl)nc2ccccc12)c1ccc(C)cc1. The molecule has 3 aromatic carbocycles. The molecule has 0 bridgehead atoms. The molecular formula is C23H18Cl2N4. The van der Waals surface area contributed by atoms with Crippen LogP contribution in [0.5, 0.6) is 0 Å². The molecule has 0 saturated carbocycles. The largest absolute Gasteiger partial charge is 0.260 e. The number of nitrogens with zero attached hydrogens (tertiary/aromatic N) is 3. The number of nitrogens with one attached hydrogen (secondary N) is 1. The van der Waals surface area contributed by atoms with Gasteiger partial charge in [-0.3, -0.25) is 5.43 Å². The first kappa shape index (κ1) is 19.4. The number of hydrogen-bond donors (Lipinski definition) is 1. The molecule has 4 aromatic rings. The van der Waals surface area contributed by atoms with Crippen molar-refractivity contribution < 1.29 is 0 Å². The van der Waals surface area contributed by atoms with E-state index in [1.54, 1.807) is 12.1 Å². The van der Waals surface area contributed by atoms with Gasteiger partial charge < -0.3 is 0 Å². The number of hydrogen-bond acceptors (Lipinski definition) is 4. The Kier molecular flexibility index (Phi) is 5.47. The van der Waals surface area contributed by atoms with Crippen LogP contribution in [0.4, 0.5) is 5.82 Å². The molecule has 4 nitrogen and oxygen atoms in total. The minimum absolute atomic E-state index is 0.498. The Morgan fingerprint density at radius 3 is 2.45 bits per heavy atom. The first-order valence-corrected chi connectivity index (χ1v) is 9.86. The number of aromatic nitrogens is 2. The molecule has 6 heteroatoms. The lowest BCUT2D eigenvalue weighted by Gasteiger charge is -2.10. The fraction of sp³-hybridized carbons (Fsp3) is 0.0870. The second kappa shape index (κ2) is 8.19. The van der Waals surface area contributed by atoms with Gasteiger partial charge in [0, 0.05) is 16.0 Å².